The molecule has 0 aromatic heterocycles. The number of halogens is 3. The summed E-state index contributed by atoms with van der Waals surface area (Å²) in [4.78, 5) is 27.6. The Morgan fingerprint density at radius 3 is 2.82 bits per heavy atom. The van der Waals surface area contributed by atoms with Crippen molar-refractivity contribution in [2.45, 2.75) is 0 Å². The number of thioether (sulfide) groups is 1. The summed E-state index contributed by atoms with van der Waals surface area (Å²) in [6, 6.07) is 10.1. The third-order valence-corrected chi connectivity index (χ3v) is 5.75. The number of benzene rings is 2. The number of carbonyl (C=O) groups excluding carboxylic acids is 1. The van der Waals surface area contributed by atoms with Crippen molar-refractivity contribution in [2.75, 3.05) is 6.61 Å². The van der Waals surface area contributed by atoms with Gasteiger partial charge in [-0.25, -0.2) is 9.79 Å². The molecule has 1 aliphatic rings. The normalized spacial score (nSPS) is 16.5. The van der Waals surface area contributed by atoms with Gasteiger partial charge < -0.3 is 15.2 Å². The number of ether oxygens (including phenoxy) is 1. The average molecular weight is 502 g/mol. The summed E-state index contributed by atoms with van der Waals surface area (Å²) in [5.74, 6) is -0.959. The van der Waals surface area contributed by atoms with Crippen molar-refractivity contribution in [3.8, 4) is 5.75 Å². The molecule has 0 saturated carbocycles. The van der Waals surface area contributed by atoms with Gasteiger partial charge in [-0.05, 0) is 63.6 Å². The smallest absolute Gasteiger partial charge is 0.341 e. The number of carbonyl (C=O) groups is 2. The number of amides is 1. The van der Waals surface area contributed by atoms with Crippen LogP contribution in [0.1, 0.15) is 5.56 Å². The van der Waals surface area contributed by atoms with Gasteiger partial charge in [0, 0.05) is 0 Å². The Labute approximate surface area is 182 Å². The van der Waals surface area contributed by atoms with Gasteiger partial charge in [-0.3, -0.25) is 4.79 Å². The van der Waals surface area contributed by atoms with Crippen LogP contribution in [-0.4, -0.2) is 28.8 Å². The topological polar surface area (TPSA) is 88.0 Å². The molecular formula is C18H11BrCl2N2O4S. The minimum Gasteiger partial charge on any atom is -0.481 e. The van der Waals surface area contributed by atoms with Gasteiger partial charge in [0.15, 0.2) is 11.8 Å². The molecule has 2 aromatic carbocycles. The van der Waals surface area contributed by atoms with E-state index in [0.717, 1.165) is 5.56 Å². The Hall–Kier alpha value is -2.00. The standard InChI is InChI=1S/C18H11BrCl2N2O4S/c19-10-6-9(4-5-13(10)27-8-15(24)25)7-14-17(26)23-18(28-14)22-12-3-1-2-11(20)16(12)21/h1-7H,8H2,(H,24,25)(H,22,23,26)/b14-7-. The second-order valence-electron chi connectivity index (χ2n) is 5.43. The number of hydrogen-bond donors (Lipinski definition) is 2. The summed E-state index contributed by atoms with van der Waals surface area (Å²) >= 11 is 16.6. The highest BCUT2D eigenvalue weighted by molar-refractivity contribution is 9.10. The molecular weight excluding hydrogens is 491 g/mol. The van der Waals surface area contributed by atoms with Crippen LogP contribution in [0, 0.1) is 0 Å². The SMILES string of the molecule is O=C(O)COc1ccc(/C=C2\SC(=Nc3cccc(Cl)c3Cl)NC2=O)cc1Br. The van der Waals surface area contributed by atoms with Crippen LogP contribution in [0.15, 0.2) is 50.8 Å². The van der Waals surface area contributed by atoms with Crippen LogP contribution in [-0.2, 0) is 9.59 Å². The fraction of sp³-hybridized carbons (Fsp3) is 0.0556. The number of amidine groups is 1. The minimum atomic E-state index is -1.07. The summed E-state index contributed by atoms with van der Waals surface area (Å²) in [5, 5.41) is 12.4. The van der Waals surface area contributed by atoms with Gasteiger partial charge in [0.1, 0.15) is 5.75 Å². The van der Waals surface area contributed by atoms with Gasteiger partial charge >= 0.3 is 5.97 Å². The van der Waals surface area contributed by atoms with Crippen LogP contribution < -0.4 is 10.1 Å². The quantitative estimate of drug-likeness (QED) is 0.555. The molecule has 2 aromatic rings. The maximum atomic E-state index is 12.2. The molecule has 0 radical (unpaired) electrons. The molecule has 1 saturated heterocycles. The Morgan fingerprint density at radius 2 is 2.11 bits per heavy atom. The Balaban J connectivity index is 1.79. The van der Waals surface area contributed by atoms with Gasteiger partial charge in [0.2, 0.25) is 0 Å². The molecule has 1 aliphatic heterocycles. The van der Waals surface area contributed by atoms with E-state index in [1.807, 2.05) is 0 Å². The van der Waals surface area contributed by atoms with Crippen LogP contribution in [0.3, 0.4) is 0 Å². The summed E-state index contributed by atoms with van der Waals surface area (Å²) in [6.07, 6.45) is 1.69. The van der Waals surface area contributed by atoms with Crippen LogP contribution in [0.5, 0.6) is 5.75 Å². The minimum absolute atomic E-state index is 0.288. The fourth-order valence-electron chi connectivity index (χ4n) is 2.18. The number of hydrogen-bond acceptors (Lipinski definition) is 5. The molecule has 0 aliphatic carbocycles. The van der Waals surface area contributed by atoms with Crippen LogP contribution in [0.25, 0.3) is 6.08 Å². The largest absolute Gasteiger partial charge is 0.481 e. The molecule has 1 fully saturated rings. The molecule has 1 heterocycles. The highest BCUT2D eigenvalue weighted by Crippen LogP contribution is 2.35. The predicted molar refractivity (Wildman–Crippen MR) is 115 cm³/mol. The number of nitrogens with zero attached hydrogens (tertiary/aromatic N) is 1. The molecule has 10 heteroatoms. The molecule has 1 amide bonds. The lowest BCUT2D eigenvalue weighted by molar-refractivity contribution is -0.139. The predicted octanol–water partition coefficient (Wildman–Crippen LogP) is 5.11. The molecule has 3 rings (SSSR count). The van der Waals surface area contributed by atoms with Crippen molar-refractivity contribution < 1.29 is 19.4 Å². The first-order valence-electron chi connectivity index (χ1n) is 7.71. The van der Waals surface area contributed by atoms with Crippen LogP contribution in [0.2, 0.25) is 10.0 Å². The molecule has 144 valence electrons. The van der Waals surface area contributed by atoms with Crippen molar-refractivity contribution in [1.82, 2.24) is 5.32 Å². The van der Waals surface area contributed by atoms with Crippen molar-refractivity contribution >= 4 is 79.7 Å². The third kappa shape index (κ3) is 5.08. The van der Waals surface area contributed by atoms with Gasteiger partial charge in [-0.15, -0.1) is 0 Å². The second-order valence-corrected chi connectivity index (χ2v) is 8.10. The van der Waals surface area contributed by atoms with E-state index >= 15 is 0 Å². The molecule has 0 unspecified atom stereocenters. The van der Waals surface area contributed by atoms with E-state index in [1.54, 1.807) is 42.5 Å². The number of aliphatic imine (C=N–C) groups is 1. The molecule has 0 spiro atoms. The summed E-state index contributed by atoms with van der Waals surface area (Å²) < 4.78 is 5.73. The maximum absolute atomic E-state index is 12.2. The number of rotatable bonds is 5. The van der Waals surface area contributed by atoms with E-state index in [9.17, 15) is 9.59 Å². The maximum Gasteiger partial charge on any atom is 0.341 e. The first kappa shape index (κ1) is 20.7. The number of aliphatic carboxylic acids is 1. The van der Waals surface area contributed by atoms with Crippen LogP contribution >= 0.6 is 50.9 Å². The fourth-order valence-corrected chi connectivity index (χ4v) is 3.87. The lowest BCUT2D eigenvalue weighted by Crippen LogP contribution is -2.19. The second kappa shape index (κ2) is 9.00. The van der Waals surface area contributed by atoms with Crippen molar-refractivity contribution in [1.29, 1.82) is 0 Å². The van der Waals surface area contributed by atoms with E-state index in [0.29, 0.717) is 36.0 Å². The first-order chi connectivity index (χ1) is 13.3. The molecule has 0 atom stereocenters. The van der Waals surface area contributed by atoms with Crippen molar-refractivity contribution in [3.63, 3.8) is 0 Å². The highest BCUT2D eigenvalue weighted by Gasteiger charge is 2.24. The molecule has 28 heavy (non-hydrogen) atoms. The van der Waals surface area contributed by atoms with E-state index in [2.05, 4.69) is 26.2 Å². The monoisotopic (exact) mass is 500 g/mol. The zero-order valence-corrected chi connectivity index (χ0v) is 17.8. The van der Waals surface area contributed by atoms with Crippen molar-refractivity contribution in [3.05, 3.63) is 61.4 Å². The van der Waals surface area contributed by atoms with Gasteiger partial charge in [0.25, 0.3) is 5.91 Å². The Bertz CT molecular complexity index is 1030. The first-order valence-corrected chi connectivity index (χ1v) is 10.1. The van der Waals surface area contributed by atoms with Gasteiger partial charge in [0.05, 0.1) is 25.1 Å². The number of carboxylic acids is 1. The van der Waals surface area contributed by atoms with E-state index in [-0.39, 0.29) is 5.91 Å². The van der Waals surface area contributed by atoms with Crippen LogP contribution in [0.4, 0.5) is 5.69 Å². The lowest BCUT2D eigenvalue weighted by Gasteiger charge is -2.06. The summed E-state index contributed by atoms with van der Waals surface area (Å²) in [6.45, 7) is -0.441. The summed E-state index contributed by atoms with van der Waals surface area (Å²) in [5.41, 5.74) is 1.19. The zero-order valence-electron chi connectivity index (χ0n) is 13.9. The third-order valence-electron chi connectivity index (χ3n) is 3.41. The molecule has 0 bridgehead atoms. The highest BCUT2D eigenvalue weighted by atomic mass is 79.9. The Morgan fingerprint density at radius 1 is 1.32 bits per heavy atom. The molecule has 6 nitrogen and oxygen atoms in total. The number of nitrogens with one attached hydrogen (secondary N) is 1. The van der Waals surface area contributed by atoms with Crippen molar-refractivity contribution in [2.24, 2.45) is 4.99 Å². The number of carboxylic acid groups (broad SMARTS) is 1. The van der Waals surface area contributed by atoms with Gasteiger partial charge in [-0.1, -0.05) is 35.3 Å². The molecule has 2 N–H and O–H groups in total. The lowest BCUT2D eigenvalue weighted by atomic mass is 10.2. The zero-order chi connectivity index (χ0) is 20.3. The van der Waals surface area contributed by atoms with E-state index in [1.165, 1.54) is 11.8 Å². The van der Waals surface area contributed by atoms with E-state index < -0.39 is 12.6 Å². The average Bonchev–Trinajstić information content (AvgIpc) is 2.97. The Kier molecular flexibility index (Phi) is 6.66. The summed E-state index contributed by atoms with van der Waals surface area (Å²) in [7, 11) is 0. The van der Waals surface area contributed by atoms with E-state index in [4.69, 9.17) is 33.0 Å². The van der Waals surface area contributed by atoms with Gasteiger partial charge in [-0.2, -0.15) is 0 Å².